The lowest BCUT2D eigenvalue weighted by molar-refractivity contribution is -0.117. The predicted molar refractivity (Wildman–Crippen MR) is 199 cm³/mol. The molecule has 2 aromatic carbocycles. The van der Waals surface area contributed by atoms with Crippen LogP contribution in [0.2, 0.25) is 0 Å². The fraction of sp³-hybridized carbons (Fsp3) is 0.523. The molecule has 0 aliphatic heterocycles. The van der Waals surface area contributed by atoms with Crippen molar-refractivity contribution in [2.24, 2.45) is 29.1 Å². The van der Waals surface area contributed by atoms with Gasteiger partial charge in [0.2, 0.25) is 0 Å². The van der Waals surface area contributed by atoms with Gasteiger partial charge in [-0.05, 0) is 125 Å². The highest BCUT2D eigenvalue weighted by atomic mass is 16.5. The summed E-state index contributed by atoms with van der Waals surface area (Å²) >= 11 is 0. The van der Waals surface area contributed by atoms with Crippen LogP contribution in [-0.4, -0.2) is 26.0 Å². The predicted octanol–water partition coefficient (Wildman–Crippen LogP) is 7.10. The van der Waals surface area contributed by atoms with Crippen molar-refractivity contribution in [2.45, 2.75) is 117 Å². The molecule has 0 unspecified atom stereocenters. The maximum absolute atomic E-state index is 13.0. The number of rotatable bonds is 8. The Morgan fingerprint density at radius 1 is 0.922 bits per heavy atom. The minimum atomic E-state index is -1.01. The van der Waals surface area contributed by atoms with Gasteiger partial charge in [0, 0.05) is 35.1 Å². The summed E-state index contributed by atoms with van der Waals surface area (Å²) in [6.07, 6.45) is 11.6. The van der Waals surface area contributed by atoms with Crippen molar-refractivity contribution in [2.75, 3.05) is 0 Å². The topological polar surface area (TPSA) is 101 Å². The average Bonchev–Trinajstić information content (AvgIpc) is 3.41. The van der Waals surface area contributed by atoms with E-state index in [1.54, 1.807) is 4.57 Å². The van der Waals surface area contributed by atoms with Crippen molar-refractivity contribution in [3.8, 4) is 11.8 Å². The van der Waals surface area contributed by atoms with Crippen molar-refractivity contribution in [1.82, 2.24) is 9.55 Å². The largest absolute Gasteiger partial charge is 0.377 e. The van der Waals surface area contributed by atoms with Gasteiger partial charge in [-0.15, -0.1) is 0 Å². The monoisotopic (exact) mass is 688 g/mol. The fourth-order valence-corrected chi connectivity index (χ4v) is 10.8. The quantitative estimate of drug-likeness (QED) is 0.246. The fourth-order valence-electron chi connectivity index (χ4n) is 10.8. The molecule has 0 saturated heterocycles. The number of benzene rings is 2. The zero-order valence-corrected chi connectivity index (χ0v) is 30.6. The Kier molecular flexibility index (Phi) is 9.86. The number of nitrogens with zero attached hydrogens (tertiary/aromatic N) is 1. The first-order chi connectivity index (χ1) is 24.5. The summed E-state index contributed by atoms with van der Waals surface area (Å²) in [5.41, 5.74) is 5.81. The van der Waals surface area contributed by atoms with Crippen LogP contribution in [-0.2, 0) is 35.7 Å². The molecule has 0 bridgehead atoms. The van der Waals surface area contributed by atoms with Gasteiger partial charge >= 0.3 is 5.69 Å². The minimum Gasteiger partial charge on any atom is -0.377 e. The lowest BCUT2D eigenvalue weighted by Gasteiger charge is -2.56. The Bertz CT molecular complexity index is 2010. The molecule has 4 aliphatic rings. The number of carbonyl (C=O) groups is 1. The molecule has 1 aromatic heterocycles. The summed E-state index contributed by atoms with van der Waals surface area (Å²) in [6, 6.07) is 14.2. The lowest BCUT2D eigenvalue weighted by Crippen LogP contribution is -2.53. The first-order valence-electron chi connectivity index (χ1n) is 19.1. The lowest BCUT2D eigenvalue weighted by atomic mass is 9.49. The molecule has 0 radical (unpaired) electrons. The van der Waals surface area contributed by atoms with E-state index in [-0.39, 0.29) is 17.7 Å². The zero-order valence-electron chi connectivity index (χ0n) is 30.6. The number of ether oxygens (including phenoxy) is 1. The second-order valence-corrected chi connectivity index (χ2v) is 15.8. The highest BCUT2D eigenvalue weighted by Gasteiger charge is 2.63. The Balaban J connectivity index is 1.03. The van der Waals surface area contributed by atoms with Crippen LogP contribution in [0.5, 0.6) is 0 Å². The molecule has 6 atom stereocenters. The minimum absolute atomic E-state index is 0.0237. The molecule has 1 heterocycles. The Morgan fingerprint density at radius 3 is 2.41 bits per heavy atom. The number of aromatic nitrogens is 2. The highest BCUT2D eigenvalue weighted by molar-refractivity contribution is 5.91. The third-order valence-corrected chi connectivity index (χ3v) is 13.1. The van der Waals surface area contributed by atoms with Crippen molar-refractivity contribution in [3.05, 3.63) is 114 Å². The van der Waals surface area contributed by atoms with Crippen molar-refractivity contribution < 1.29 is 14.6 Å². The molecule has 7 heteroatoms. The molecular weight excluding hydrogens is 636 g/mol. The van der Waals surface area contributed by atoms with E-state index in [1.165, 1.54) is 5.57 Å². The Morgan fingerprint density at radius 2 is 1.69 bits per heavy atom. The van der Waals surface area contributed by atoms with Crippen LogP contribution < -0.4 is 11.2 Å². The van der Waals surface area contributed by atoms with Crippen LogP contribution >= 0.6 is 0 Å². The number of nitrogens with one attached hydrogen (secondary N) is 1. The third kappa shape index (κ3) is 6.62. The normalized spacial score (nSPS) is 28.3. The maximum atomic E-state index is 13.0. The van der Waals surface area contributed by atoms with Crippen LogP contribution in [0.25, 0.3) is 0 Å². The van der Waals surface area contributed by atoms with Gasteiger partial charge in [0.25, 0.3) is 5.56 Å². The molecule has 4 aliphatic carbocycles. The number of hydrogen-bond donors (Lipinski definition) is 2. The third-order valence-electron chi connectivity index (χ3n) is 13.1. The van der Waals surface area contributed by atoms with E-state index >= 15 is 0 Å². The average molecular weight is 689 g/mol. The van der Waals surface area contributed by atoms with E-state index in [1.807, 2.05) is 51.1 Å². The summed E-state index contributed by atoms with van der Waals surface area (Å²) in [5.74, 6) is 9.33. The second kappa shape index (κ2) is 14.2. The summed E-state index contributed by atoms with van der Waals surface area (Å²) in [6.45, 7) is 8.58. The maximum Gasteiger partial charge on any atom is 0.330 e. The van der Waals surface area contributed by atoms with Gasteiger partial charge in [0.05, 0.1) is 6.61 Å². The number of hydrogen-bond acceptors (Lipinski definition) is 5. The number of ketones is 1. The molecule has 3 aromatic rings. The van der Waals surface area contributed by atoms with E-state index < -0.39 is 11.3 Å². The van der Waals surface area contributed by atoms with E-state index in [0.717, 1.165) is 79.2 Å². The number of allylic oxidation sites excluding steroid dienone is 1. The van der Waals surface area contributed by atoms with Crippen LogP contribution in [0, 0.1) is 54.8 Å². The zero-order chi connectivity index (χ0) is 35.9. The number of fused-ring (bicyclic) bond motifs is 5. The smallest absolute Gasteiger partial charge is 0.330 e. The van der Waals surface area contributed by atoms with Gasteiger partial charge in [-0.1, -0.05) is 72.7 Å². The summed E-state index contributed by atoms with van der Waals surface area (Å²) in [4.78, 5) is 40.3. The molecule has 7 rings (SSSR count). The molecule has 268 valence electrons. The van der Waals surface area contributed by atoms with E-state index in [9.17, 15) is 19.5 Å². The summed E-state index contributed by atoms with van der Waals surface area (Å²) in [7, 11) is 0. The van der Waals surface area contributed by atoms with Gasteiger partial charge in [0.15, 0.2) is 5.78 Å². The number of carbonyl (C=O) groups excluding carboxylic acids is 1. The van der Waals surface area contributed by atoms with E-state index in [4.69, 9.17) is 4.74 Å². The number of aryl methyl sites for hydroxylation is 2. The molecule has 51 heavy (non-hydrogen) atoms. The van der Waals surface area contributed by atoms with Crippen LogP contribution in [0.15, 0.2) is 63.7 Å². The molecular formula is C44H52N2O5. The standard InChI is InChI=1S/C44H52N2O5/c1-5-35-40(24-32-22-28(3)21-29(4)23-32)46(42(49)45-41(35)48)27-51-26-31-9-7-30(8-10-31)15-19-44(50)20-17-39-38-13-11-33-25-34(47)12-14-36(33)37(38)16-18-43(39,44)6-2/h7-10,21-23,25,36-39,50H,5-6,11-14,16-18,20,24,26-27H2,1-4H3,(H,45,48,49)/t36-,37+,38+,39-,43-,44-/m1/s1. The van der Waals surface area contributed by atoms with Crippen molar-refractivity contribution in [1.29, 1.82) is 0 Å². The van der Waals surface area contributed by atoms with E-state index in [0.29, 0.717) is 66.6 Å². The summed E-state index contributed by atoms with van der Waals surface area (Å²) in [5, 5.41) is 12.3. The van der Waals surface area contributed by atoms with Crippen LogP contribution in [0.1, 0.15) is 111 Å². The molecule has 3 saturated carbocycles. The summed E-state index contributed by atoms with van der Waals surface area (Å²) < 4.78 is 7.61. The van der Waals surface area contributed by atoms with Gasteiger partial charge in [-0.2, -0.15) is 0 Å². The highest BCUT2D eigenvalue weighted by Crippen LogP contribution is 2.66. The van der Waals surface area contributed by atoms with E-state index in [2.05, 4.69) is 41.9 Å². The van der Waals surface area contributed by atoms with Gasteiger partial charge in [-0.25, -0.2) is 4.79 Å². The molecule has 0 spiro atoms. The number of aromatic amines is 1. The van der Waals surface area contributed by atoms with Gasteiger partial charge < -0.3 is 9.84 Å². The second-order valence-electron chi connectivity index (χ2n) is 15.8. The SMILES string of the molecule is CCc1c(Cc2cc(C)cc(C)c2)n(COCc2ccc(C#C[C@@]3(O)CC[C@@H]4[C@H]5CCC6=CC(=O)CC[C@H]6[C@@H]5CC[C@]43CC)cc2)c(=O)[nH]c1=O. The van der Waals surface area contributed by atoms with Crippen molar-refractivity contribution in [3.63, 3.8) is 0 Å². The first kappa shape index (κ1) is 35.4. The number of aliphatic hydroxyl groups is 1. The molecule has 0 amide bonds. The van der Waals surface area contributed by atoms with Gasteiger partial charge in [0.1, 0.15) is 12.3 Å². The first-order valence-corrected chi connectivity index (χ1v) is 19.1. The van der Waals surface area contributed by atoms with Crippen LogP contribution in [0.4, 0.5) is 0 Å². The Labute approximate surface area is 301 Å². The van der Waals surface area contributed by atoms with Crippen LogP contribution in [0.3, 0.4) is 0 Å². The van der Waals surface area contributed by atoms with Crippen molar-refractivity contribution >= 4 is 5.78 Å². The molecule has 3 fully saturated rings. The number of H-pyrrole nitrogens is 1. The Hall–Kier alpha value is -3.99. The molecule has 2 N–H and O–H groups in total. The van der Waals surface area contributed by atoms with Gasteiger partial charge in [-0.3, -0.25) is 19.1 Å². The molecule has 7 nitrogen and oxygen atoms in total.